The average Bonchev–Trinajstić information content (AvgIpc) is 3.62. The highest BCUT2D eigenvalue weighted by atomic mass is 16.3. The van der Waals surface area contributed by atoms with Gasteiger partial charge in [0.15, 0.2) is 0 Å². The summed E-state index contributed by atoms with van der Waals surface area (Å²) in [6.45, 7) is 0. The van der Waals surface area contributed by atoms with Gasteiger partial charge in [0.1, 0.15) is 11.2 Å². The molecule has 0 bridgehead atoms. The molecule has 43 heavy (non-hydrogen) atoms. The van der Waals surface area contributed by atoms with E-state index in [1.807, 2.05) is 12.1 Å². The second-order valence-electron chi connectivity index (χ2n) is 11.0. The van der Waals surface area contributed by atoms with Crippen LogP contribution in [0.15, 0.2) is 162 Å². The normalized spacial score (nSPS) is 11.7. The molecule has 2 aromatic heterocycles. The molecule has 9 rings (SSSR count). The number of aromatic nitrogens is 1. The van der Waals surface area contributed by atoms with Gasteiger partial charge in [0.2, 0.25) is 0 Å². The molecule has 0 radical (unpaired) electrons. The van der Waals surface area contributed by atoms with Crippen LogP contribution < -0.4 is 4.90 Å². The fraction of sp³-hybridized carbons (Fsp3) is 0. The Morgan fingerprint density at radius 1 is 0.442 bits per heavy atom. The Morgan fingerprint density at radius 3 is 1.98 bits per heavy atom. The Balaban J connectivity index is 1.27. The van der Waals surface area contributed by atoms with Crippen molar-refractivity contribution in [1.29, 1.82) is 0 Å². The standard InChI is InChI=1S/C40H26N2O/c1-2-12-28(13-3-1)41(36-18-10-20-38-39(36)34-16-7-9-19-37(34)43-38)29-22-24-30(25-23-29)42-35-17-8-6-15-32(35)33-26-21-27-11-4-5-14-31(27)40(33)42/h1-26H. The van der Waals surface area contributed by atoms with E-state index in [-0.39, 0.29) is 0 Å². The molecule has 0 atom stereocenters. The van der Waals surface area contributed by atoms with Gasteiger partial charge in [-0.3, -0.25) is 0 Å². The molecular formula is C40H26N2O. The summed E-state index contributed by atoms with van der Waals surface area (Å²) in [7, 11) is 0. The summed E-state index contributed by atoms with van der Waals surface area (Å²) in [4.78, 5) is 2.33. The van der Waals surface area contributed by atoms with E-state index in [1.165, 1.54) is 32.6 Å². The molecular weight excluding hydrogens is 524 g/mol. The van der Waals surface area contributed by atoms with Crippen molar-refractivity contribution in [1.82, 2.24) is 4.57 Å². The SMILES string of the molecule is c1ccc(N(c2ccc(-n3c4ccccc4c4ccc5ccccc5c43)cc2)c2cccc3oc4ccccc4c23)cc1. The van der Waals surface area contributed by atoms with Crippen molar-refractivity contribution in [2.75, 3.05) is 4.90 Å². The summed E-state index contributed by atoms with van der Waals surface area (Å²) in [5.74, 6) is 0. The molecule has 0 unspecified atom stereocenters. The van der Waals surface area contributed by atoms with Crippen molar-refractivity contribution < 1.29 is 4.42 Å². The highest BCUT2D eigenvalue weighted by Crippen LogP contribution is 2.43. The Labute approximate surface area is 248 Å². The lowest BCUT2D eigenvalue weighted by Gasteiger charge is -2.26. The number of anilines is 3. The molecule has 0 amide bonds. The Morgan fingerprint density at radius 2 is 1.12 bits per heavy atom. The first-order valence-corrected chi connectivity index (χ1v) is 14.6. The van der Waals surface area contributed by atoms with E-state index in [2.05, 4.69) is 155 Å². The summed E-state index contributed by atoms with van der Waals surface area (Å²) in [6.07, 6.45) is 0. The zero-order valence-corrected chi connectivity index (χ0v) is 23.3. The maximum atomic E-state index is 6.27. The Hall–Kier alpha value is -5.80. The van der Waals surface area contributed by atoms with Crippen molar-refractivity contribution in [2.24, 2.45) is 0 Å². The first-order valence-electron chi connectivity index (χ1n) is 14.6. The molecule has 0 spiro atoms. The fourth-order valence-electron chi connectivity index (χ4n) is 6.70. The summed E-state index contributed by atoms with van der Waals surface area (Å²) < 4.78 is 8.68. The number of hydrogen-bond donors (Lipinski definition) is 0. The van der Waals surface area contributed by atoms with Crippen LogP contribution >= 0.6 is 0 Å². The molecule has 0 aliphatic rings. The van der Waals surface area contributed by atoms with Gasteiger partial charge in [0, 0.05) is 38.6 Å². The second kappa shape index (κ2) is 9.37. The maximum Gasteiger partial charge on any atom is 0.137 e. The van der Waals surface area contributed by atoms with Crippen LogP contribution in [0.1, 0.15) is 0 Å². The highest BCUT2D eigenvalue weighted by Gasteiger charge is 2.20. The summed E-state index contributed by atoms with van der Waals surface area (Å²) >= 11 is 0. The van der Waals surface area contributed by atoms with Gasteiger partial charge in [-0.25, -0.2) is 0 Å². The van der Waals surface area contributed by atoms with Gasteiger partial charge < -0.3 is 13.9 Å². The van der Waals surface area contributed by atoms with Crippen LogP contribution in [0.2, 0.25) is 0 Å². The lowest BCUT2D eigenvalue weighted by molar-refractivity contribution is 0.669. The van der Waals surface area contributed by atoms with Crippen molar-refractivity contribution in [2.45, 2.75) is 0 Å². The largest absolute Gasteiger partial charge is 0.456 e. The minimum Gasteiger partial charge on any atom is -0.456 e. The fourth-order valence-corrected chi connectivity index (χ4v) is 6.70. The number of rotatable bonds is 4. The topological polar surface area (TPSA) is 21.3 Å². The Kier molecular flexibility index (Phi) is 5.20. The number of benzene rings is 7. The molecule has 0 aliphatic carbocycles. The van der Waals surface area contributed by atoms with E-state index >= 15 is 0 Å². The summed E-state index contributed by atoms with van der Waals surface area (Å²) in [5.41, 5.74) is 8.61. The van der Waals surface area contributed by atoms with Gasteiger partial charge in [0.25, 0.3) is 0 Å². The monoisotopic (exact) mass is 550 g/mol. The van der Waals surface area contributed by atoms with Crippen LogP contribution in [0.25, 0.3) is 60.2 Å². The van der Waals surface area contributed by atoms with Crippen LogP contribution in [0.3, 0.4) is 0 Å². The molecule has 0 fully saturated rings. The predicted molar refractivity (Wildman–Crippen MR) is 180 cm³/mol. The van der Waals surface area contributed by atoms with Crippen molar-refractivity contribution in [3.05, 3.63) is 158 Å². The molecule has 7 aromatic carbocycles. The number of furan rings is 1. The molecule has 202 valence electrons. The molecule has 0 saturated heterocycles. The third-order valence-corrected chi connectivity index (χ3v) is 8.56. The van der Waals surface area contributed by atoms with Gasteiger partial charge in [-0.2, -0.15) is 0 Å². The van der Waals surface area contributed by atoms with E-state index in [4.69, 9.17) is 4.42 Å². The van der Waals surface area contributed by atoms with Crippen LogP contribution in [-0.4, -0.2) is 4.57 Å². The van der Waals surface area contributed by atoms with E-state index in [9.17, 15) is 0 Å². The van der Waals surface area contributed by atoms with Crippen molar-refractivity contribution >= 4 is 71.6 Å². The van der Waals surface area contributed by atoms with E-state index in [0.29, 0.717) is 0 Å². The van der Waals surface area contributed by atoms with E-state index in [1.54, 1.807) is 0 Å². The average molecular weight is 551 g/mol. The lowest BCUT2D eigenvalue weighted by atomic mass is 10.1. The zero-order valence-electron chi connectivity index (χ0n) is 23.3. The second-order valence-corrected chi connectivity index (χ2v) is 11.0. The molecule has 3 heteroatoms. The van der Waals surface area contributed by atoms with Crippen LogP contribution in [-0.2, 0) is 0 Å². The van der Waals surface area contributed by atoms with Gasteiger partial charge in [-0.1, -0.05) is 97.1 Å². The first-order chi connectivity index (χ1) is 21.3. The minimum absolute atomic E-state index is 0.883. The van der Waals surface area contributed by atoms with Crippen molar-refractivity contribution in [3.63, 3.8) is 0 Å². The van der Waals surface area contributed by atoms with E-state index < -0.39 is 0 Å². The zero-order chi connectivity index (χ0) is 28.3. The van der Waals surface area contributed by atoms with Crippen LogP contribution in [0, 0.1) is 0 Å². The van der Waals surface area contributed by atoms with E-state index in [0.717, 1.165) is 44.7 Å². The maximum absolute atomic E-state index is 6.27. The Bertz CT molecular complexity index is 2450. The van der Waals surface area contributed by atoms with Crippen molar-refractivity contribution in [3.8, 4) is 5.69 Å². The highest BCUT2D eigenvalue weighted by molar-refractivity contribution is 6.18. The molecule has 0 aliphatic heterocycles. The molecule has 0 N–H and O–H groups in total. The smallest absolute Gasteiger partial charge is 0.137 e. The number of fused-ring (bicyclic) bond motifs is 8. The first kappa shape index (κ1) is 23.9. The van der Waals surface area contributed by atoms with Gasteiger partial charge in [-0.15, -0.1) is 0 Å². The van der Waals surface area contributed by atoms with Crippen LogP contribution in [0.4, 0.5) is 17.1 Å². The molecule has 2 heterocycles. The summed E-state index contributed by atoms with van der Waals surface area (Å²) in [5, 5.41) is 7.25. The predicted octanol–water partition coefficient (Wildman–Crippen LogP) is 11.3. The molecule has 9 aromatic rings. The minimum atomic E-state index is 0.883. The molecule has 3 nitrogen and oxygen atoms in total. The third-order valence-electron chi connectivity index (χ3n) is 8.56. The number of hydrogen-bond acceptors (Lipinski definition) is 2. The van der Waals surface area contributed by atoms with Gasteiger partial charge in [0.05, 0.1) is 22.1 Å². The van der Waals surface area contributed by atoms with Gasteiger partial charge >= 0.3 is 0 Å². The quantitative estimate of drug-likeness (QED) is 0.217. The van der Waals surface area contributed by atoms with Crippen LogP contribution in [0.5, 0.6) is 0 Å². The van der Waals surface area contributed by atoms with Gasteiger partial charge in [-0.05, 0) is 66.0 Å². The third kappa shape index (κ3) is 3.62. The number of para-hydroxylation sites is 3. The molecule has 0 saturated carbocycles. The number of nitrogens with zero attached hydrogens (tertiary/aromatic N) is 2. The summed E-state index contributed by atoms with van der Waals surface area (Å²) in [6, 6.07) is 56.0. The lowest BCUT2D eigenvalue weighted by Crippen LogP contribution is -2.10.